The van der Waals surface area contributed by atoms with Crippen LogP contribution in [0.25, 0.3) is 0 Å². The van der Waals surface area contributed by atoms with Crippen LogP contribution in [-0.2, 0) is 4.79 Å². The van der Waals surface area contributed by atoms with Crippen LogP contribution < -0.4 is 0 Å². The van der Waals surface area contributed by atoms with Crippen molar-refractivity contribution >= 4 is 5.78 Å². The Bertz CT molecular complexity index is 213. The van der Waals surface area contributed by atoms with E-state index < -0.39 is 0 Å². The van der Waals surface area contributed by atoms with Crippen molar-refractivity contribution in [2.75, 3.05) is 0 Å². The first-order chi connectivity index (χ1) is 6.24. The molecular formula is C12H20O. The van der Waals surface area contributed by atoms with Crippen molar-refractivity contribution in [2.24, 2.45) is 0 Å². The maximum Gasteiger partial charge on any atom is 0.136 e. The quantitative estimate of drug-likeness (QED) is 0.604. The molecule has 0 aromatic carbocycles. The van der Waals surface area contributed by atoms with Crippen LogP contribution in [-0.4, -0.2) is 5.78 Å². The number of carbonyl (C=O) groups is 1. The summed E-state index contributed by atoms with van der Waals surface area (Å²) in [4.78, 5) is 11.4. The smallest absolute Gasteiger partial charge is 0.136 e. The van der Waals surface area contributed by atoms with Crippen LogP contribution in [0.4, 0.5) is 0 Å². The number of hydrogen-bond acceptors (Lipinski definition) is 1. The number of Topliss-reactive ketones (excluding diaryl/α,β-unsaturated/α-hetero) is 1. The Labute approximate surface area is 81.2 Å². The van der Waals surface area contributed by atoms with Crippen LogP contribution in [0.3, 0.4) is 0 Å². The van der Waals surface area contributed by atoms with Gasteiger partial charge in [0, 0.05) is 12.8 Å². The van der Waals surface area contributed by atoms with Crippen molar-refractivity contribution < 1.29 is 4.79 Å². The summed E-state index contributed by atoms with van der Waals surface area (Å²) in [5.41, 5.74) is 2.92. The second-order valence-electron chi connectivity index (χ2n) is 4.06. The molecule has 0 fully saturated rings. The topological polar surface area (TPSA) is 17.1 Å². The van der Waals surface area contributed by atoms with E-state index in [1.54, 1.807) is 0 Å². The lowest BCUT2D eigenvalue weighted by Gasteiger charge is -2.16. The van der Waals surface area contributed by atoms with Gasteiger partial charge in [-0.3, -0.25) is 4.79 Å². The predicted molar refractivity (Wildman–Crippen MR) is 55.7 cm³/mol. The normalized spacial score (nSPS) is 17.7. The summed E-state index contributed by atoms with van der Waals surface area (Å²) < 4.78 is 0. The SMILES string of the molecule is CCCC(=O)CC1=C(C)CCCC1. The average Bonchev–Trinajstić information content (AvgIpc) is 2.09. The van der Waals surface area contributed by atoms with Crippen LogP contribution in [0.15, 0.2) is 11.1 Å². The van der Waals surface area contributed by atoms with Gasteiger partial charge in [0.15, 0.2) is 0 Å². The molecule has 0 amide bonds. The van der Waals surface area contributed by atoms with Gasteiger partial charge in [-0.2, -0.15) is 0 Å². The molecule has 0 spiro atoms. The zero-order valence-electron chi connectivity index (χ0n) is 8.86. The van der Waals surface area contributed by atoms with Gasteiger partial charge >= 0.3 is 0 Å². The third-order valence-corrected chi connectivity index (χ3v) is 2.82. The molecule has 0 radical (unpaired) electrons. The summed E-state index contributed by atoms with van der Waals surface area (Å²) in [6.45, 7) is 4.26. The van der Waals surface area contributed by atoms with Crippen molar-refractivity contribution in [1.29, 1.82) is 0 Å². The maximum absolute atomic E-state index is 11.4. The molecule has 0 saturated heterocycles. The lowest BCUT2D eigenvalue weighted by atomic mass is 9.89. The van der Waals surface area contributed by atoms with Crippen LogP contribution in [0.2, 0.25) is 0 Å². The molecule has 0 aromatic heterocycles. The Balaban J connectivity index is 2.46. The van der Waals surface area contributed by atoms with E-state index in [1.807, 2.05) is 0 Å². The van der Waals surface area contributed by atoms with E-state index in [0.717, 1.165) is 19.3 Å². The van der Waals surface area contributed by atoms with Gasteiger partial charge in [0.05, 0.1) is 0 Å². The van der Waals surface area contributed by atoms with E-state index >= 15 is 0 Å². The van der Waals surface area contributed by atoms with Gasteiger partial charge in [-0.1, -0.05) is 18.1 Å². The summed E-state index contributed by atoms with van der Waals surface area (Å²) in [5, 5.41) is 0. The summed E-state index contributed by atoms with van der Waals surface area (Å²) in [5.74, 6) is 0.429. The highest BCUT2D eigenvalue weighted by Crippen LogP contribution is 2.26. The lowest BCUT2D eigenvalue weighted by Crippen LogP contribution is -2.04. The number of ketones is 1. The standard InChI is InChI=1S/C12H20O/c1-3-6-12(13)9-11-8-5-4-7-10(11)2/h3-9H2,1-2H3. The fourth-order valence-corrected chi connectivity index (χ4v) is 1.96. The van der Waals surface area contributed by atoms with Crippen LogP contribution >= 0.6 is 0 Å². The van der Waals surface area contributed by atoms with E-state index in [0.29, 0.717) is 5.78 Å². The van der Waals surface area contributed by atoms with Gasteiger partial charge in [-0.25, -0.2) is 0 Å². The van der Waals surface area contributed by atoms with Crippen LogP contribution in [0, 0.1) is 0 Å². The minimum absolute atomic E-state index is 0.429. The van der Waals surface area contributed by atoms with Gasteiger partial charge in [0.25, 0.3) is 0 Å². The molecule has 0 unspecified atom stereocenters. The first kappa shape index (κ1) is 10.5. The largest absolute Gasteiger partial charge is 0.299 e. The molecule has 0 aliphatic heterocycles. The number of hydrogen-bond donors (Lipinski definition) is 0. The monoisotopic (exact) mass is 180 g/mol. The Kier molecular flexibility index (Phi) is 4.20. The maximum atomic E-state index is 11.4. The van der Waals surface area contributed by atoms with Crippen LogP contribution in [0.1, 0.15) is 58.8 Å². The molecule has 0 saturated carbocycles. The van der Waals surface area contributed by atoms with Gasteiger partial charge in [0.2, 0.25) is 0 Å². The van der Waals surface area contributed by atoms with Crippen LogP contribution in [0.5, 0.6) is 0 Å². The van der Waals surface area contributed by atoms with Gasteiger partial charge < -0.3 is 0 Å². The van der Waals surface area contributed by atoms with E-state index in [9.17, 15) is 4.79 Å². The van der Waals surface area contributed by atoms with Crippen molar-refractivity contribution in [2.45, 2.75) is 58.8 Å². The first-order valence-electron chi connectivity index (χ1n) is 5.43. The molecule has 1 heteroatoms. The van der Waals surface area contributed by atoms with Gasteiger partial charge in [0.1, 0.15) is 5.78 Å². The summed E-state index contributed by atoms with van der Waals surface area (Å²) in [6.07, 6.45) is 7.47. The molecular weight excluding hydrogens is 160 g/mol. The highest BCUT2D eigenvalue weighted by Gasteiger charge is 2.11. The molecule has 1 nitrogen and oxygen atoms in total. The number of allylic oxidation sites excluding steroid dienone is 2. The fourth-order valence-electron chi connectivity index (χ4n) is 1.96. The van der Waals surface area contributed by atoms with E-state index in [-0.39, 0.29) is 0 Å². The number of carbonyl (C=O) groups excluding carboxylic acids is 1. The third kappa shape index (κ3) is 3.33. The molecule has 1 aliphatic rings. The van der Waals surface area contributed by atoms with Gasteiger partial charge in [-0.05, 0) is 39.0 Å². The zero-order chi connectivity index (χ0) is 9.68. The van der Waals surface area contributed by atoms with E-state index in [1.165, 1.54) is 36.8 Å². The van der Waals surface area contributed by atoms with E-state index in [4.69, 9.17) is 0 Å². The Hall–Kier alpha value is -0.590. The molecule has 1 rings (SSSR count). The predicted octanol–water partition coefficient (Wildman–Crippen LogP) is 3.64. The number of rotatable bonds is 4. The molecule has 1 aliphatic carbocycles. The second-order valence-corrected chi connectivity index (χ2v) is 4.06. The molecule has 0 atom stereocenters. The minimum atomic E-state index is 0.429. The fraction of sp³-hybridized carbons (Fsp3) is 0.750. The molecule has 0 aromatic rings. The Morgan fingerprint density at radius 2 is 2.00 bits per heavy atom. The third-order valence-electron chi connectivity index (χ3n) is 2.82. The Morgan fingerprint density at radius 1 is 1.31 bits per heavy atom. The van der Waals surface area contributed by atoms with Crippen molar-refractivity contribution in [3.8, 4) is 0 Å². The summed E-state index contributed by atoms with van der Waals surface area (Å²) >= 11 is 0. The second kappa shape index (κ2) is 5.21. The Morgan fingerprint density at radius 3 is 2.62 bits per heavy atom. The summed E-state index contributed by atoms with van der Waals surface area (Å²) in [7, 11) is 0. The minimum Gasteiger partial charge on any atom is -0.299 e. The lowest BCUT2D eigenvalue weighted by molar-refractivity contribution is -0.118. The van der Waals surface area contributed by atoms with Crippen molar-refractivity contribution in [3.63, 3.8) is 0 Å². The highest BCUT2D eigenvalue weighted by molar-refractivity contribution is 5.80. The molecule has 74 valence electrons. The first-order valence-corrected chi connectivity index (χ1v) is 5.43. The molecule has 0 heterocycles. The summed E-state index contributed by atoms with van der Waals surface area (Å²) in [6, 6.07) is 0. The molecule has 13 heavy (non-hydrogen) atoms. The van der Waals surface area contributed by atoms with Crippen molar-refractivity contribution in [3.05, 3.63) is 11.1 Å². The van der Waals surface area contributed by atoms with E-state index in [2.05, 4.69) is 13.8 Å². The molecule has 0 bridgehead atoms. The average molecular weight is 180 g/mol. The van der Waals surface area contributed by atoms with Gasteiger partial charge in [-0.15, -0.1) is 0 Å². The highest BCUT2D eigenvalue weighted by atomic mass is 16.1. The zero-order valence-corrected chi connectivity index (χ0v) is 8.86. The molecule has 0 N–H and O–H groups in total. The van der Waals surface area contributed by atoms with Crippen molar-refractivity contribution in [1.82, 2.24) is 0 Å².